The summed E-state index contributed by atoms with van der Waals surface area (Å²) in [4.78, 5) is 11.6. The zero-order valence-corrected chi connectivity index (χ0v) is 18.6. The zero-order valence-electron chi connectivity index (χ0n) is 17.8. The van der Waals surface area contributed by atoms with Gasteiger partial charge in [-0.05, 0) is 38.8 Å². The number of benzene rings is 1. The van der Waals surface area contributed by atoms with E-state index in [2.05, 4.69) is 46.6 Å². The summed E-state index contributed by atoms with van der Waals surface area (Å²) in [6.45, 7) is 8.39. The van der Waals surface area contributed by atoms with Crippen LogP contribution < -0.4 is 10.1 Å². The lowest BCUT2D eigenvalue weighted by Gasteiger charge is -2.21. The fourth-order valence-electron chi connectivity index (χ4n) is 2.86. The van der Waals surface area contributed by atoms with Gasteiger partial charge in [0.2, 0.25) is 0 Å². The highest BCUT2D eigenvalue weighted by Gasteiger charge is 2.13. The fourth-order valence-corrected chi connectivity index (χ4v) is 3.70. The number of hydrogen-bond donors (Lipinski definition) is 1. The van der Waals surface area contributed by atoms with Crippen LogP contribution in [0.1, 0.15) is 41.8 Å². The Morgan fingerprint density at radius 3 is 2.82 bits per heavy atom. The third-order valence-electron chi connectivity index (χ3n) is 4.45. The molecule has 1 unspecified atom stereocenters. The molecule has 0 bridgehead atoms. The largest absolute Gasteiger partial charge is 0.496 e. The van der Waals surface area contributed by atoms with E-state index in [9.17, 15) is 0 Å². The molecule has 7 heteroatoms. The predicted octanol–water partition coefficient (Wildman–Crippen LogP) is 3.81. The number of aryl methyl sites for hydroxylation is 1. The van der Waals surface area contributed by atoms with Crippen molar-refractivity contribution in [3.63, 3.8) is 0 Å². The Morgan fingerprint density at radius 1 is 1.36 bits per heavy atom. The molecule has 1 atom stereocenters. The summed E-state index contributed by atoms with van der Waals surface area (Å²) in [7, 11) is 5.45. The average Bonchev–Trinajstić information content (AvgIpc) is 3.15. The van der Waals surface area contributed by atoms with Gasteiger partial charge in [0.15, 0.2) is 5.96 Å². The Hall–Kier alpha value is -2.12. The predicted molar refractivity (Wildman–Crippen MR) is 116 cm³/mol. The number of thiazole rings is 1. The molecule has 0 fully saturated rings. The molecule has 0 aliphatic heterocycles. The smallest absolute Gasteiger partial charge is 0.194 e. The molecule has 0 amide bonds. The maximum Gasteiger partial charge on any atom is 0.194 e. The summed E-state index contributed by atoms with van der Waals surface area (Å²) in [5.74, 6) is 1.80. The topological polar surface area (TPSA) is 59.0 Å². The number of nitrogens with zero attached hydrogens (tertiary/aromatic N) is 3. The summed E-state index contributed by atoms with van der Waals surface area (Å²) < 4.78 is 10.8. The van der Waals surface area contributed by atoms with Crippen molar-refractivity contribution in [3.05, 3.63) is 45.4 Å². The van der Waals surface area contributed by atoms with Crippen LogP contribution in [0.4, 0.5) is 0 Å². The van der Waals surface area contributed by atoms with Gasteiger partial charge >= 0.3 is 0 Å². The molecular weight excluding hydrogens is 372 g/mol. The van der Waals surface area contributed by atoms with Crippen LogP contribution in [0.15, 0.2) is 28.6 Å². The van der Waals surface area contributed by atoms with Gasteiger partial charge in [-0.25, -0.2) is 4.98 Å². The number of aliphatic imine (C=N–C) groups is 1. The van der Waals surface area contributed by atoms with Crippen LogP contribution in [-0.2, 0) is 17.7 Å². The summed E-state index contributed by atoms with van der Waals surface area (Å²) in [5.41, 5.74) is 3.44. The van der Waals surface area contributed by atoms with Crippen molar-refractivity contribution >= 4 is 17.3 Å². The minimum Gasteiger partial charge on any atom is -0.496 e. The molecular formula is C21H32N4O2S. The summed E-state index contributed by atoms with van der Waals surface area (Å²) in [5, 5.41) is 6.45. The normalized spacial score (nSPS) is 12.7. The standard InChI is InChI=1S/C21H32N4O2S/c1-7-22-21(23-11-10-17-12-15(2)8-9-19(17)27-6)25(4)13-18-14-28-20(24-18)16(3)26-5/h8-9,12,14,16H,7,10-11,13H2,1-6H3,(H,22,23). The molecule has 1 N–H and O–H groups in total. The Labute approximate surface area is 172 Å². The Kier molecular flexibility index (Phi) is 8.73. The van der Waals surface area contributed by atoms with Crippen molar-refractivity contribution in [2.45, 2.75) is 39.8 Å². The van der Waals surface area contributed by atoms with E-state index in [-0.39, 0.29) is 6.10 Å². The van der Waals surface area contributed by atoms with Crippen molar-refractivity contribution in [2.24, 2.45) is 4.99 Å². The van der Waals surface area contributed by atoms with E-state index in [0.29, 0.717) is 13.1 Å². The third-order valence-corrected chi connectivity index (χ3v) is 5.50. The van der Waals surface area contributed by atoms with Gasteiger partial charge in [-0.3, -0.25) is 4.99 Å². The van der Waals surface area contributed by atoms with Gasteiger partial charge in [-0.2, -0.15) is 0 Å². The van der Waals surface area contributed by atoms with Crippen LogP contribution in [0.3, 0.4) is 0 Å². The molecule has 2 rings (SSSR count). The fraction of sp³-hybridized carbons (Fsp3) is 0.524. The Morgan fingerprint density at radius 2 is 2.14 bits per heavy atom. The summed E-state index contributed by atoms with van der Waals surface area (Å²) >= 11 is 1.63. The Balaban J connectivity index is 2.03. The number of rotatable bonds is 9. The van der Waals surface area contributed by atoms with Crippen LogP contribution in [-0.4, -0.2) is 50.2 Å². The van der Waals surface area contributed by atoms with Crippen molar-refractivity contribution in [1.29, 1.82) is 0 Å². The van der Waals surface area contributed by atoms with Crippen LogP contribution in [0.25, 0.3) is 0 Å². The molecule has 1 heterocycles. The highest BCUT2D eigenvalue weighted by molar-refractivity contribution is 7.09. The highest BCUT2D eigenvalue weighted by atomic mass is 32.1. The second-order valence-electron chi connectivity index (χ2n) is 6.71. The first kappa shape index (κ1) is 22.2. The van der Waals surface area contributed by atoms with Gasteiger partial charge < -0.3 is 19.7 Å². The monoisotopic (exact) mass is 404 g/mol. The molecule has 2 aromatic rings. The van der Waals surface area contributed by atoms with E-state index in [0.717, 1.165) is 35.4 Å². The lowest BCUT2D eigenvalue weighted by Crippen LogP contribution is -2.38. The first-order valence-corrected chi connectivity index (χ1v) is 10.5. The van der Waals surface area contributed by atoms with Crippen LogP contribution >= 0.6 is 11.3 Å². The molecule has 0 saturated heterocycles. The molecule has 28 heavy (non-hydrogen) atoms. The van der Waals surface area contributed by atoms with Gasteiger partial charge in [-0.1, -0.05) is 17.7 Å². The van der Waals surface area contributed by atoms with E-state index in [4.69, 9.17) is 14.5 Å². The summed E-state index contributed by atoms with van der Waals surface area (Å²) in [6, 6.07) is 6.25. The summed E-state index contributed by atoms with van der Waals surface area (Å²) in [6.07, 6.45) is 0.857. The van der Waals surface area contributed by atoms with Crippen LogP contribution in [0, 0.1) is 6.92 Å². The maximum atomic E-state index is 5.47. The second kappa shape index (κ2) is 11.0. The quantitative estimate of drug-likeness (QED) is 0.509. The van der Waals surface area contributed by atoms with E-state index in [1.807, 2.05) is 20.0 Å². The number of aromatic nitrogens is 1. The van der Waals surface area contributed by atoms with Crippen molar-refractivity contribution < 1.29 is 9.47 Å². The van der Waals surface area contributed by atoms with E-state index >= 15 is 0 Å². The van der Waals surface area contributed by atoms with Crippen molar-refractivity contribution in [1.82, 2.24) is 15.2 Å². The third kappa shape index (κ3) is 6.21. The lowest BCUT2D eigenvalue weighted by molar-refractivity contribution is 0.119. The number of methoxy groups -OCH3 is 2. The molecule has 6 nitrogen and oxygen atoms in total. The average molecular weight is 405 g/mol. The second-order valence-corrected chi connectivity index (χ2v) is 7.60. The lowest BCUT2D eigenvalue weighted by atomic mass is 10.1. The minimum atomic E-state index is 0.0234. The molecule has 0 aliphatic carbocycles. The van der Waals surface area contributed by atoms with Crippen molar-refractivity contribution in [3.8, 4) is 5.75 Å². The van der Waals surface area contributed by atoms with Gasteiger partial charge in [0, 0.05) is 32.6 Å². The maximum absolute atomic E-state index is 5.47. The molecule has 1 aromatic carbocycles. The Bertz CT molecular complexity index is 776. The minimum absolute atomic E-state index is 0.0234. The van der Waals surface area contributed by atoms with Gasteiger partial charge in [0.1, 0.15) is 16.9 Å². The highest BCUT2D eigenvalue weighted by Crippen LogP contribution is 2.21. The van der Waals surface area contributed by atoms with Gasteiger partial charge in [0.05, 0.1) is 19.3 Å². The molecule has 0 aliphatic rings. The number of ether oxygens (including phenoxy) is 2. The molecule has 0 saturated carbocycles. The molecule has 0 spiro atoms. The molecule has 0 radical (unpaired) electrons. The van der Waals surface area contributed by atoms with Gasteiger partial charge in [-0.15, -0.1) is 11.3 Å². The van der Waals surface area contributed by atoms with Gasteiger partial charge in [0.25, 0.3) is 0 Å². The van der Waals surface area contributed by atoms with E-state index in [1.165, 1.54) is 11.1 Å². The zero-order chi connectivity index (χ0) is 20.5. The number of hydrogen-bond acceptors (Lipinski definition) is 5. The SMILES string of the molecule is CCNC(=NCCc1cc(C)ccc1OC)N(C)Cc1csc(C(C)OC)n1. The van der Waals surface area contributed by atoms with E-state index in [1.54, 1.807) is 25.6 Å². The first-order chi connectivity index (χ1) is 13.5. The van der Waals surface area contributed by atoms with Crippen LogP contribution in [0.2, 0.25) is 0 Å². The molecule has 1 aromatic heterocycles. The van der Waals surface area contributed by atoms with Crippen LogP contribution in [0.5, 0.6) is 5.75 Å². The van der Waals surface area contributed by atoms with E-state index < -0.39 is 0 Å². The molecule has 154 valence electrons. The van der Waals surface area contributed by atoms with Crippen molar-refractivity contribution in [2.75, 3.05) is 34.4 Å². The number of guanidine groups is 1. The first-order valence-electron chi connectivity index (χ1n) is 9.58. The number of nitrogens with one attached hydrogen (secondary N) is 1.